The average molecular weight is 240 g/mol. The van der Waals surface area contributed by atoms with Gasteiger partial charge in [-0.05, 0) is 24.6 Å². The van der Waals surface area contributed by atoms with Gasteiger partial charge in [-0.3, -0.25) is 0 Å². The molecule has 0 unspecified atom stereocenters. The molecule has 0 saturated carbocycles. The van der Waals surface area contributed by atoms with Crippen LogP contribution in [0, 0.1) is 6.92 Å². The maximum absolute atomic E-state index is 11.0. The van der Waals surface area contributed by atoms with Crippen LogP contribution in [0.1, 0.15) is 16.1 Å². The number of rotatable bonds is 2. The number of aryl methyl sites for hydroxylation is 1. The second-order valence-electron chi connectivity index (χ2n) is 3.43. The molecule has 1 aromatic heterocycles. The lowest BCUT2D eigenvalue weighted by Gasteiger charge is -2.03. The van der Waals surface area contributed by atoms with Crippen LogP contribution < -0.4 is 4.74 Å². The molecule has 0 aliphatic heterocycles. The summed E-state index contributed by atoms with van der Waals surface area (Å²) >= 11 is 6.13. The van der Waals surface area contributed by atoms with Gasteiger partial charge in [0.2, 0.25) is 0 Å². The van der Waals surface area contributed by atoms with Crippen LogP contribution in [0.4, 0.5) is 0 Å². The predicted molar refractivity (Wildman–Crippen MR) is 61.6 cm³/mol. The molecule has 0 amide bonds. The molecule has 1 aromatic carbocycles. The third-order valence-electron chi connectivity index (χ3n) is 2.55. The van der Waals surface area contributed by atoms with Gasteiger partial charge in [0.05, 0.1) is 12.1 Å². The highest BCUT2D eigenvalue weighted by molar-refractivity contribution is 6.37. The Labute approximate surface area is 96.8 Å². The maximum Gasteiger partial charge on any atom is 0.352 e. The van der Waals surface area contributed by atoms with Crippen LogP contribution in [0.25, 0.3) is 10.9 Å². The molecule has 2 aromatic rings. The van der Waals surface area contributed by atoms with Crippen LogP contribution in [0.15, 0.2) is 12.1 Å². The van der Waals surface area contributed by atoms with Gasteiger partial charge in [0, 0.05) is 10.9 Å². The first-order valence-corrected chi connectivity index (χ1v) is 5.02. The summed E-state index contributed by atoms with van der Waals surface area (Å²) in [6.45, 7) is 1.72. The minimum atomic E-state index is -0.997. The fraction of sp³-hybridized carbons (Fsp3) is 0.182. The van der Waals surface area contributed by atoms with Crippen LogP contribution in [0.5, 0.6) is 5.75 Å². The number of methoxy groups -OCH3 is 1. The quantitative estimate of drug-likeness (QED) is 0.847. The number of hydrogen-bond acceptors (Lipinski definition) is 2. The number of aromatic carboxylic acids is 1. The van der Waals surface area contributed by atoms with E-state index in [4.69, 9.17) is 21.4 Å². The third-order valence-corrected chi connectivity index (χ3v) is 2.93. The Morgan fingerprint density at radius 3 is 2.75 bits per heavy atom. The predicted octanol–water partition coefficient (Wildman–Crippen LogP) is 2.84. The number of H-pyrrole nitrogens is 1. The molecule has 0 radical (unpaired) electrons. The van der Waals surface area contributed by atoms with E-state index >= 15 is 0 Å². The Kier molecular flexibility index (Phi) is 2.52. The number of aromatic nitrogens is 1. The van der Waals surface area contributed by atoms with Gasteiger partial charge in [0.15, 0.2) is 0 Å². The number of halogens is 1. The summed E-state index contributed by atoms with van der Waals surface area (Å²) in [7, 11) is 1.52. The van der Waals surface area contributed by atoms with Crippen molar-refractivity contribution in [2.45, 2.75) is 6.92 Å². The molecule has 1 heterocycles. The average Bonchev–Trinajstić information content (AvgIpc) is 2.57. The highest BCUT2D eigenvalue weighted by Gasteiger charge is 2.17. The van der Waals surface area contributed by atoms with Gasteiger partial charge >= 0.3 is 5.97 Å². The van der Waals surface area contributed by atoms with E-state index in [2.05, 4.69) is 4.98 Å². The number of carboxylic acid groups (broad SMARTS) is 1. The van der Waals surface area contributed by atoms with E-state index in [0.717, 1.165) is 0 Å². The molecule has 84 valence electrons. The lowest BCUT2D eigenvalue weighted by molar-refractivity contribution is 0.0691. The number of aromatic amines is 1. The molecule has 0 bridgehead atoms. The van der Waals surface area contributed by atoms with Gasteiger partial charge in [0.25, 0.3) is 0 Å². The van der Waals surface area contributed by atoms with Crippen molar-refractivity contribution in [3.8, 4) is 5.75 Å². The van der Waals surface area contributed by atoms with Gasteiger partial charge in [0.1, 0.15) is 11.4 Å². The van der Waals surface area contributed by atoms with E-state index in [-0.39, 0.29) is 5.69 Å². The standard InChI is InChI=1S/C11H10ClNO3/c1-5-8-6(13-10(5)11(14)15)3-4-7(16-2)9(8)12/h3-4,13H,1-2H3,(H,14,15). The topological polar surface area (TPSA) is 62.3 Å². The molecular weight excluding hydrogens is 230 g/mol. The smallest absolute Gasteiger partial charge is 0.352 e. The van der Waals surface area contributed by atoms with Crippen molar-refractivity contribution in [1.82, 2.24) is 4.98 Å². The second-order valence-corrected chi connectivity index (χ2v) is 3.81. The van der Waals surface area contributed by atoms with E-state index in [9.17, 15) is 4.79 Å². The first-order chi connectivity index (χ1) is 7.56. The summed E-state index contributed by atoms with van der Waals surface area (Å²) in [5.74, 6) is -0.461. The number of hydrogen-bond donors (Lipinski definition) is 2. The maximum atomic E-state index is 11.0. The van der Waals surface area contributed by atoms with Crippen molar-refractivity contribution in [3.63, 3.8) is 0 Å². The van der Waals surface area contributed by atoms with Crippen molar-refractivity contribution >= 4 is 28.5 Å². The summed E-state index contributed by atoms with van der Waals surface area (Å²) in [6, 6.07) is 3.45. The van der Waals surface area contributed by atoms with E-state index in [1.165, 1.54) is 7.11 Å². The van der Waals surface area contributed by atoms with Crippen molar-refractivity contribution in [2.24, 2.45) is 0 Å². The number of benzene rings is 1. The highest BCUT2D eigenvalue weighted by Crippen LogP contribution is 2.35. The summed E-state index contributed by atoms with van der Waals surface area (Å²) in [5.41, 5.74) is 1.47. The normalized spacial score (nSPS) is 10.7. The Balaban J connectivity index is 2.83. The SMILES string of the molecule is COc1ccc2[nH]c(C(=O)O)c(C)c2c1Cl. The van der Waals surface area contributed by atoms with Crippen LogP contribution in [0.3, 0.4) is 0 Å². The molecule has 0 aliphatic carbocycles. The molecule has 0 atom stereocenters. The molecular formula is C11H10ClNO3. The Hall–Kier alpha value is -1.68. The zero-order chi connectivity index (χ0) is 11.9. The van der Waals surface area contributed by atoms with Gasteiger partial charge < -0.3 is 14.8 Å². The second kappa shape index (κ2) is 3.72. The fourth-order valence-electron chi connectivity index (χ4n) is 1.75. The van der Waals surface area contributed by atoms with Crippen LogP contribution in [0.2, 0.25) is 5.02 Å². The molecule has 0 aliphatic rings. The van der Waals surface area contributed by atoms with E-state index < -0.39 is 5.97 Å². The summed E-state index contributed by atoms with van der Waals surface area (Å²) in [5, 5.41) is 10.1. The van der Waals surface area contributed by atoms with Crippen LogP contribution in [-0.4, -0.2) is 23.2 Å². The van der Waals surface area contributed by atoms with Crippen molar-refractivity contribution in [2.75, 3.05) is 7.11 Å². The highest BCUT2D eigenvalue weighted by atomic mass is 35.5. The number of fused-ring (bicyclic) bond motifs is 1. The van der Waals surface area contributed by atoms with E-state index in [1.807, 2.05) is 0 Å². The molecule has 5 heteroatoms. The molecule has 0 spiro atoms. The number of nitrogens with one attached hydrogen (secondary N) is 1. The fourth-order valence-corrected chi connectivity index (χ4v) is 2.14. The molecule has 2 N–H and O–H groups in total. The number of carbonyl (C=O) groups is 1. The third kappa shape index (κ3) is 1.42. The summed E-state index contributed by atoms with van der Waals surface area (Å²) < 4.78 is 5.08. The molecule has 0 fully saturated rings. The van der Waals surface area contributed by atoms with Crippen molar-refractivity contribution < 1.29 is 14.6 Å². The van der Waals surface area contributed by atoms with Gasteiger partial charge in [-0.15, -0.1) is 0 Å². The Morgan fingerprint density at radius 2 is 2.19 bits per heavy atom. The van der Waals surface area contributed by atoms with Gasteiger partial charge in [-0.2, -0.15) is 0 Å². The Morgan fingerprint density at radius 1 is 1.50 bits per heavy atom. The molecule has 16 heavy (non-hydrogen) atoms. The lowest BCUT2D eigenvalue weighted by Crippen LogP contribution is -1.98. The lowest BCUT2D eigenvalue weighted by atomic mass is 10.1. The minimum Gasteiger partial charge on any atom is -0.495 e. The number of carboxylic acids is 1. The number of ether oxygens (including phenoxy) is 1. The first-order valence-electron chi connectivity index (χ1n) is 4.64. The molecule has 2 rings (SSSR count). The monoisotopic (exact) mass is 239 g/mol. The molecule has 0 saturated heterocycles. The first kappa shape index (κ1) is 10.8. The van der Waals surface area contributed by atoms with Crippen molar-refractivity contribution in [1.29, 1.82) is 0 Å². The molecule has 4 nitrogen and oxygen atoms in total. The van der Waals surface area contributed by atoms with Crippen molar-refractivity contribution in [3.05, 3.63) is 28.4 Å². The van der Waals surface area contributed by atoms with Gasteiger partial charge in [-0.1, -0.05) is 11.6 Å². The largest absolute Gasteiger partial charge is 0.495 e. The van der Waals surface area contributed by atoms with Crippen LogP contribution >= 0.6 is 11.6 Å². The van der Waals surface area contributed by atoms with Crippen LogP contribution in [-0.2, 0) is 0 Å². The summed E-state index contributed by atoms with van der Waals surface area (Å²) in [6.07, 6.45) is 0. The van der Waals surface area contributed by atoms with E-state index in [1.54, 1.807) is 19.1 Å². The van der Waals surface area contributed by atoms with E-state index in [0.29, 0.717) is 27.2 Å². The van der Waals surface area contributed by atoms with Gasteiger partial charge in [-0.25, -0.2) is 4.79 Å². The zero-order valence-electron chi connectivity index (χ0n) is 8.80. The summed E-state index contributed by atoms with van der Waals surface area (Å²) in [4.78, 5) is 13.8. The zero-order valence-corrected chi connectivity index (χ0v) is 9.55. The Bertz CT molecular complexity index is 574. The minimum absolute atomic E-state index is 0.158.